The van der Waals surface area contributed by atoms with Gasteiger partial charge in [0.1, 0.15) is 0 Å². The number of halogens is 2. The van der Waals surface area contributed by atoms with Gasteiger partial charge < -0.3 is 0 Å². The van der Waals surface area contributed by atoms with Gasteiger partial charge >= 0.3 is 128 Å². The van der Waals surface area contributed by atoms with Crippen molar-refractivity contribution in [3.05, 3.63) is 63.6 Å². The standard InChI is InChI=1S/C13H7Cl2O.Na/c14-11-5-1-9(2-6-11)13(16)10-3-7-12(15)8-4-10;/h1-7H;. The summed E-state index contributed by atoms with van der Waals surface area (Å²) in [6.07, 6.45) is 0. The summed E-state index contributed by atoms with van der Waals surface area (Å²) >= 11 is 12.6. The minimum absolute atomic E-state index is 0.00423. The first-order valence-electron chi connectivity index (χ1n) is 5.14. The van der Waals surface area contributed by atoms with Crippen molar-refractivity contribution in [1.82, 2.24) is 0 Å². The van der Waals surface area contributed by atoms with Crippen LogP contribution in [0.5, 0.6) is 0 Å². The number of ketones is 1. The first-order valence-corrected chi connectivity index (χ1v) is 6.90. The molecule has 0 aliphatic carbocycles. The van der Waals surface area contributed by atoms with E-state index in [0.29, 0.717) is 16.1 Å². The molecule has 2 aromatic carbocycles. The molecule has 0 saturated carbocycles. The van der Waals surface area contributed by atoms with Crippen molar-refractivity contribution in [1.29, 1.82) is 0 Å². The second-order valence-electron chi connectivity index (χ2n) is 3.80. The molecule has 17 heavy (non-hydrogen) atoms. The molecule has 0 aliphatic heterocycles. The molecule has 0 fully saturated rings. The normalized spacial score (nSPS) is 10.4. The predicted molar refractivity (Wildman–Crippen MR) is 71.7 cm³/mol. The molecule has 0 heterocycles. The van der Waals surface area contributed by atoms with Gasteiger partial charge in [-0.1, -0.05) is 0 Å². The van der Waals surface area contributed by atoms with Crippen LogP contribution in [0.3, 0.4) is 0 Å². The average molecular weight is 273 g/mol. The van der Waals surface area contributed by atoms with Crippen LogP contribution in [0.15, 0.2) is 42.5 Å². The zero-order valence-corrected chi connectivity index (χ0v) is 12.7. The van der Waals surface area contributed by atoms with E-state index in [4.69, 9.17) is 23.2 Å². The third-order valence-electron chi connectivity index (χ3n) is 2.53. The van der Waals surface area contributed by atoms with Gasteiger partial charge in [-0.25, -0.2) is 0 Å². The maximum absolute atomic E-state index is 12.2. The molecule has 0 spiro atoms. The van der Waals surface area contributed by atoms with E-state index >= 15 is 0 Å². The molecular weight excluding hydrogens is 266 g/mol. The average Bonchev–Trinajstić information content (AvgIpc) is 2.33. The van der Waals surface area contributed by atoms with Crippen LogP contribution in [-0.4, -0.2) is 33.7 Å². The maximum atomic E-state index is 12.2. The Morgan fingerprint density at radius 2 is 1.53 bits per heavy atom. The first-order chi connectivity index (χ1) is 8.08. The SMILES string of the molecule is O=C(c1ccc(Cl)cc1)c1ccc(Cl)[c]([Na])c1. The topological polar surface area (TPSA) is 17.1 Å². The molecule has 1 nitrogen and oxygen atoms in total. The van der Waals surface area contributed by atoms with E-state index < -0.39 is 0 Å². The Morgan fingerprint density at radius 1 is 0.941 bits per heavy atom. The summed E-state index contributed by atoms with van der Waals surface area (Å²) < 4.78 is 1.03. The Kier molecular flexibility index (Phi) is 4.29. The van der Waals surface area contributed by atoms with Crippen molar-refractivity contribution >= 4 is 59.7 Å². The van der Waals surface area contributed by atoms with Gasteiger partial charge in [-0.3, -0.25) is 0 Å². The van der Waals surface area contributed by atoms with Gasteiger partial charge in [-0.05, 0) is 0 Å². The molecule has 0 unspecified atom stereocenters. The van der Waals surface area contributed by atoms with Crippen molar-refractivity contribution in [2.45, 2.75) is 0 Å². The van der Waals surface area contributed by atoms with E-state index in [2.05, 4.69) is 0 Å². The molecule has 0 aliphatic rings. The molecule has 2 rings (SSSR count). The van der Waals surface area contributed by atoms with E-state index in [1.807, 2.05) is 6.07 Å². The van der Waals surface area contributed by atoms with Gasteiger partial charge in [0.2, 0.25) is 0 Å². The van der Waals surface area contributed by atoms with Crippen molar-refractivity contribution in [3.8, 4) is 0 Å². The third kappa shape index (κ3) is 3.12. The molecule has 0 saturated heterocycles. The van der Waals surface area contributed by atoms with Crippen molar-refractivity contribution in [2.75, 3.05) is 0 Å². The van der Waals surface area contributed by atoms with E-state index in [0.717, 1.165) is 35.8 Å². The fraction of sp³-hybridized carbons (Fsp3) is 0. The molecule has 80 valence electrons. The van der Waals surface area contributed by atoms with Crippen LogP contribution in [0, 0.1) is 0 Å². The van der Waals surface area contributed by atoms with Crippen LogP contribution in [0.1, 0.15) is 15.9 Å². The van der Waals surface area contributed by atoms with E-state index in [1.165, 1.54) is 0 Å². The van der Waals surface area contributed by atoms with Crippen LogP contribution in [0.2, 0.25) is 10.0 Å². The third-order valence-corrected chi connectivity index (χ3v) is 4.35. The first kappa shape index (κ1) is 13.1. The van der Waals surface area contributed by atoms with Crippen LogP contribution >= 0.6 is 23.2 Å². The molecular formula is C13H7Cl2NaO. The number of rotatable bonds is 2. The molecule has 2 aromatic rings. The van der Waals surface area contributed by atoms with Crippen molar-refractivity contribution in [2.24, 2.45) is 0 Å². The molecule has 0 bridgehead atoms. The molecule has 0 radical (unpaired) electrons. The Bertz CT molecular complexity index is 564. The second kappa shape index (κ2) is 5.55. The number of carbonyl (C=O) groups excluding carboxylic acids is 1. The fourth-order valence-corrected chi connectivity index (χ4v) is 2.28. The van der Waals surface area contributed by atoms with E-state index in [1.54, 1.807) is 36.4 Å². The zero-order chi connectivity index (χ0) is 12.4. The Labute approximate surface area is 127 Å². The summed E-state index contributed by atoms with van der Waals surface area (Å²) in [7, 11) is 0. The summed E-state index contributed by atoms with van der Waals surface area (Å²) in [6, 6.07) is 12.3. The fourth-order valence-electron chi connectivity index (χ4n) is 1.55. The van der Waals surface area contributed by atoms with Crippen LogP contribution in [0.4, 0.5) is 0 Å². The summed E-state index contributed by atoms with van der Waals surface area (Å²) in [5.41, 5.74) is 1.31. The van der Waals surface area contributed by atoms with Gasteiger partial charge in [0, 0.05) is 0 Å². The second-order valence-corrected chi connectivity index (χ2v) is 5.72. The zero-order valence-electron chi connectivity index (χ0n) is 9.21. The number of hydrogen-bond donors (Lipinski definition) is 0. The predicted octanol–water partition coefficient (Wildman–Crippen LogP) is 3.02. The molecule has 4 heteroatoms. The molecule has 0 amide bonds. The summed E-state index contributed by atoms with van der Waals surface area (Å²) in [6.45, 7) is 0. The Hall–Kier alpha value is -0.310. The van der Waals surface area contributed by atoms with Gasteiger partial charge in [0.15, 0.2) is 0 Å². The van der Waals surface area contributed by atoms with Crippen LogP contribution < -0.4 is 2.81 Å². The number of carbonyl (C=O) groups is 1. The van der Waals surface area contributed by atoms with Crippen molar-refractivity contribution in [3.63, 3.8) is 0 Å². The Morgan fingerprint density at radius 3 is 2.12 bits per heavy atom. The number of hydrogen-bond acceptors (Lipinski definition) is 1. The van der Waals surface area contributed by atoms with Gasteiger partial charge in [0.05, 0.1) is 0 Å². The van der Waals surface area contributed by atoms with E-state index in [-0.39, 0.29) is 5.78 Å². The summed E-state index contributed by atoms with van der Waals surface area (Å²) in [4.78, 5) is 12.2. The van der Waals surface area contributed by atoms with Crippen LogP contribution in [0.25, 0.3) is 0 Å². The van der Waals surface area contributed by atoms with Crippen LogP contribution in [-0.2, 0) is 0 Å². The van der Waals surface area contributed by atoms with Gasteiger partial charge in [0.25, 0.3) is 0 Å². The van der Waals surface area contributed by atoms with Gasteiger partial charge in [-0.15, -0.1) is 0 Å². The quantitative estimate of drug-likeness (QED) is 0.607. The van der Waals surface area contributed by atoms with E-state index in [9.17, 15) is 4.79 Å². The summed E-state index contributed by atoms with van der Waals surface area (Å²) in [5, 5.41) is 1.35. The molecule has 0 aromatic heterocycles. The van der Waals surface area contributed by atoms with Gasteiger partial charge in [-0.2, -0.15) is 0 Å². The monoisotopic (exact) mass is 272 g/mol. The minimum atomic E-state index is -0.00423. The summed E-state index contributed by atoms with van der Waals surface area (Å²) in [5.74, 6) is -0.00423. The Balaban J connectivity index is 2.37. The number of benzene rings is 2. The molecule has 0 atom stereocenters. The molecule has 0 N–H and O–H groups in total. The van der Waals surface area contributed by atoms with Crippen molar-refractivity contribution < 1.29 is 4.79 Å².